The molecule has 5 nitrogen and oxygen atoms in total. The van der Waals surface area contributed by atoms with Crippen LogP contribution in [0, 0.1) is 0 Å². The number of nitrogens with zero attached hydrogens (tertiary/aromatic N) is 1. The number of carbonyl (C=O) groups is 2. The first kappa shape index (κ1) is 26.6. The third-order valence-corrected chi connectivity index (χ3v) is 6.53. The number of amides is 1. The van der Waals surface area contributed by atoms with Crippen molar-refractivity contribution in [2.75, 3.05) is 12.4 Å². The van der Waals surface area contributed by atoms with E-state index in [2.05, 4.69) is 42.1 Å². The molecule has 4 aromatic carbocycles. The van der Waals surface area contributed by atoms with Crippen LogP contribution in [0.15, 0.2) is 103 Å². The molecule has 0 atom stereocenters. The highest BCUT2D eigenvalue weighted by Crippen LogP contribution is 2.32. The number of benzene rings is 4. The molecule has 1 aromatic heterocycles. The van der Waals surface area contributed by atoms with Gasteiger partial charge in [0, 0.05) is 53.1 Å². The molecule has 0 radical (unpaired) electrons. The molecule has 0 spiro atoms. The van der Waals surface area contributed by atoms with E-state index >= 15 is 0 Å². The van der Waals surface area contributed by atoms with Gasteiger partial charge in [0.05, 0.1) is 0 Å². The average molecular weight is 505 g/mol. The van der Waals surface area contributed by atoms with Crippen LogP contribution in [0.1, 0.15) is 51.6 Å². The molecule has 0 fully saturated rings. The summed E-state index contributed by atoms with van der Waals surface area (Å²) in [5.41, 5.74) is 7.65. The number of aliphatic hydroxyl groups is 1. The number of carbonyl (C=O) groups excluding carboxylic acids is 2. The number of hydrogen-bond acceptors (Lipinski definition) is 3. The highest BCUT2D eigenvalue weighted by atomic mass is 16.2. The highest BCUT2D eigenvalue weighted by molar-refractivity contribution is 6.04. The van der Waals surface area contributed by atoms with Gasteiger partial charge in [-0.1, -0.05) is 80.6 Å². The Morgan fingerprint density at radius 3 is 2.21 bits per heavy atom. The number of hydrogen-bond donors (Lipinski definition) is 2. The lowest BCUT2D eigenvalue weighted by Crippen LogP contribution is -2.12. The maximum absolute atomic E-state index is 12.7. The van der Waals surface area contributed by atoms with Gasteiger partial charge in [0.2, 0.25) is 0 Å². The average Bonchev–Trinajstić information content (AvgIpc) is 3.33. The Balaban J connectivity index is 0.00000164. The summed E-state index contributed by atoms with van der Waals surface area (Å²) >= 11 is 0. The van der Waals surface area contributed by atoms with Gasteiger partial charge < -0.3 is 15.0 Å². The molecule has 5 heteroatoms. The molecule has 0 saturated carbocycles. The van der Waals surface area contributed by atoms with Crippen LogP contribution in [0.4, 0.5) is 5.69 Å². The normalized spacial score (nSPS) is 10.7. The van der Waals surface area contributed by atoms with E-state index in [0.29, 0.717) is 23.6 Å². The monoisotopic (exact) mass is 504 g/mol. The van der Waals surface area contributed by atoms with E-state index in [4.69, 9.17) is 5.11 Å². The van der Waals surface area contributed by atoms with Gasteiger partial charge in [0.15, 0.2) is 0 Å². The summed E-state index contributed by atoms with van der Waals surface area (Å²) in [6.07, 6.45) is 3.03. The highest BCUT2D eigenvalue weighted by Gasteiger charge is 2.12. The first-order chi connectivity index (χ1) is 18.5. The van der Waals surface area contributed by atoms with Gasteiger partial charge in [-0.3, -0.25) is 9.59 Å². The van der Waals surface area contributed by atoms with Crippen LogP contribution < -0.4 is 5.32 Å². The molecule has 5 rings (SSSR count). The Hall–Kier alpha value is -4.48. The van der Waals surface area contributed by atoms with Gasteiger partial charge in [0.25, 0.3) is 5.91 Å². The standard InChI is InChI=1S/C32H28N2O2.CH4O/c1-22(2)25-11-13-27(14-12-25)32(36)33-28-15-8-23(9-16-28)19-34-20-30(26-6-4-3-5-7-26)29-17-10-24(21-35)18-31(29)34;1-2/h3-18,20-22H,19H2,1-2H3,(H,33,36);2H,1H3. The molecule has 192 valence electrons. The van der Waals surface area contributed by atoms with E-state index in [1.165, 1.54) is 5.56 Å². The zero-order valence-corrected chi connectivity index (χ0v) is 21.9. The number of anilines is 1. The fourth-order valence-electron chi connectivity index (χ4n) is 4.47. The SMILES string of the molecule is CC(C)c1ccc(C(=O)Nc2ccc(Cn3cc(-c4ccccc4)c4ccc(C=O)cc43)cc2)cc1.CO. The number of aromatic nitrogens is 1. The molecule has 38 heavy (non-hydrogen) atoms. The molecule has 0 unspecified atom stereocenters. The molecule has 0 saturated heterocycles. The lowest BCUT2D eigenvalue weighted by Gasteiger charge is -2.10. The predicted molar refractivity (Wildman–Crippen MR) is 155 cm³/mol. The van der Waals surface area contributed by atoms with E-state index in [9.17, 15) is 9.59 Å². The van der Waals surface area contributed by atoms with Crippen molar-refractivity contribution in [1.29, 1.82) is 0 Å². The van der Waals surface area contributed by atoms with Crippen LogP contribution in [0.5, 0.6) is 0 Å². The van der Waals surface area contributed by atoms with Gasteiger partial charge in [-0.15, -0.1) is 0 Å². The van der Waals surface area contributed by atoms with Crippen molar-refractivity contribution < 1.29 is 14.7 Å². The van der Waals surface area contributed by atoms with Gasteiger partial charge in [0.1, 0.15) is 6.29 Å². The van der Waals surface area contributed by atoms with Crippen LogP contribution in [-0.4, -0.2) is 29.0 Å². The first-order valence-corrected chi connectivity index (χ1v) is 12.6. The number of aldehydes is 1. The number of rotatable bonds is 7. The van der Waals surface area contributed by atoms with Crippen LogP contribution >= 0.6 is 0 Å². The first-order valence-electron chi connectivity index (χ1n) is 12.6. The Bertz CT molecular complexity index is 1520. The van der Waals surface area contributed by atoms with Crippen molar-refractivity contribution in [2.24, 2.45) is 0 Å². The maximum atomic E-state index is 12.7. The van der Waals surface area contributed by atoms with Gasteiger partial charge in [-0.25, -0.2) is 0 Å². The van der Waals surface area contributed by atoms with Crippen LogP contribution in [0.25, 0.3) is 22.0 Å². The smallest absolute Gasteiger partial charge is 0.255 e. The summed E-state index contributed by atoms with van der Waals surface area (Å²) in [6, 6.07) is 31.7. The second-order valence-electron chi connectivity index (χ2n) is 9.36. The van der Waals surface area contributed by atoms with E-state index in [1.54, 1.807) is 0 Å². The fraction of sp³-hybridized carbons (Fsp3) is 0.152. The largest absolute Gasteiger partial charge is 0.400 e. The summed E-state index contributed by atoms with van der Waals surface area (Å²) in [4.78, 5) is 24.1. The molecule has 0 aliphatic rings. The molecule has 0 aliphatic carbocycles. The van der Waals surface area contributed by atoms with Crippen LogP contribution in [-0.2, 0) is 6.54 Å². The number of aliphatic hydroxyl groups excluding tert-OH is 1. The molecular weight excluding hydrogens is 472 g/mol. The second-order valence-corrected chi connectivity index (χ2v) is 9.36. The van der Waals surface area contributed by atoms with E-state index in [-0.39, 0.29) is 5.91 Å². The topological polar surface area (TPSA) is 71.3 Å². The van der Waals surface area contributed by atoms with Crippen molar-refractivity contribution >= 4 is 28.8 Å². The van der Waals surface area contributed by atoms with E-state index < -0.39 is 0 Å². The molecule has 0 aliphatic heterocycles. The predicted octanol–water partition coefficient (Wildman–Crippen LogP) is 7.15. The Morgan fingerprint density at radius 1 is 0.895 bits per heavy atom. The molecule has 1 amide bonds. The third kappa shape index (κ3) is 5.90. The van der Waals surface area contributed by atoms with E-state index in [1.807, 2.05) is 84.9 Å². The molecule has 1 heterocycles. The van der Waals surface area contributed by atoms with Crippen molar-refractivity contribution in [3.8, 4) is 11.1 Å². The molecule has 5 aromatic rings. The lowest BCUT2D eigenvalue weighted by molar-refractivity contribution is 0.102. The van der Waals surface area contributed by atoms with Crippen molar-refractivity contribution in [1.82, 2.24) is 4.57 Å². The van der Waals surface area contributed by atoms with Crippen molar-refractivity contribution in [2.45, 2.75) is 26.3 Å². The summed E-state index contributed by atoms with van der Waals surface area (Å²) in [6.45, 7) is 4.92. The van der Waals surface area contributed by atoms with Gasteiger partial charge in [-0.2, -0.15) is 0 Å². The Labute approximate surface area is 223 Å². The minimum atomic E-state index is -0.122. The van der Waals surface area contributed by atoms with Crippen LogP contribution in [0.3, 0.4) is 0 Å². The zero-order chi connectivity index (χ0) is 27.1. The Kier molecular flexibility index (Phi) is 8.51. The van der Waals surface area contributed by atoms with Crippen molar-refractivity contribution in [3.63, 3.8) is 0 Å². The number of nitrogens with one attached hydrogen (secondary N) is 1. The maximum Gasteiger partial charge on any atom is 0.255 e. The Morgan fingerprint density at radius 2 is 1.58 bits per heavy atom. The lowest BCUT2D eigenvalue weighted by atomic mass is 10.0. The van der Waals surface area contributed by atoms with E-state index in [0.717, 1.165) is 46.7 Å². The van der Waals surface area contributed by atoms with Crippen LogP contribution in [0.2, 0.25) is 0 Å². The fourth-order valence-corrected chi connectivity index (χ4v) is 4.47. The molecular formula is C33H32N2O3. The zero-order valence-electron chi connectivity index (χ0n) is 21.9. The summed E-state index contributed by atoms with van der Waals surface area (Å²) < 4.78 is 2.18. The minimum absolute atomic E-state index is 0.122. The molecule has 2 N–H and O–H groups in total. The second kappa shape index (κ2) is 12.2. The molecule has 0 bridgehead atoms. The summed E-state index contributed by atoms with van der Waals surface area (Å²) in [7, 11) is 1.00. The summed E-state index contributed by atoms with van der Waals surface area (Å²) in [5.74, 6) is 0.309. The minimum Gasteiger partial charge on any atom is -0.400 e. The summed E-state index contributed by atoms with van der Waals surface area (Å²) in [5, 5.41) is 11.1. The van der Waals surface area contributed by atoms with Gasteiger partial charge in [-0.05, 0) is 52.9 Å². The quantitative estimate of drug-likeness (QED) is 0.231. The third-order valence-electron chi connectivity index (χ3n) is 6.53. The van der Waals surface area contributed by atoms with Gasteiger partial charge >= 0.3 is 0 Å². The number of fused-ring (bicyclic) bond motifs is 1. The van der Waals surface area contributed by atoms with Crippen molar-refractivity contribution in [3.05, 3.63) is 126 Å².